The van der Waals surface area contributed by atoms with Gasteiger partial charge in [0.1, 0.15) is 0 Å². The number of likely N-dealkylation sites (tertiary alicyclic amines) is 1. The number of carbonyl (C=O) groups is 1. The van der Waals surface area contributed by atoms with E-state index in [0.717, 1.165) is 51.1 Å². The molecule has 3 saturated heterocycles. The van der Waals surface area contributed by atoms with Crippen molar-refractivity contribution in [3.63, 3.8) is 0 Å². The van der Waals surface area contributed by atoms with E-state index in [0.29, 0.717) is 61.6 Å². The first-order valence-electron chi connectivity index (χ1n) is 14.6. The molecule has 2 N–H and O–H groups in total. The first-order valence-corrected chi connectivity index (χ1v) is 14.6. The summed E-state index contributed by atoms with van der Waals surface area (Å²) in [5.74, 6) is 4.30. The van der Waals surface area contributed by atoms with Crippen molar-refractivity contribution < 1.29 is 14.1 Å². The predicted octanol–water partition coefficient (Wildman–Crippen LogP) is 3.08. The van der Waals surface area contributed by atoms with Crippen LogP contribution in [0.3, 0.4) is 0 Å². The van der Waals surface area contributed by atoms with Gasteiger partial charge in [0.2, 0.25) is 11.9 Å². The van der Waals surface area contributed by atoms with Crippen molar-refractivity contribution >= 4 is 17.9 Å². The molecule has 1 unspecified atom stereocenters. The minimum absolute atomic E-state index is 0.0117. The molecule has 3 aliphatic rings. The molecule has 0 aromatic carbocycles. The lowest BCUT2D eigenvalue weighted by atomic mass is 9.84. The predicted molar refractivity (Wildman–Crippen MR) is 149 cm³/mol. The van der Waals surface area contributed by atoms with Crippen LogP contribution in [0.1, 0.15) is 71.5 Å². The van der Waals surface area contributed by atoms with Gasteiger partial charge in [-0.25, -0.2) is 9.97 Å². The van der Waals surface area contributed by atoms with Crippen LogP contribution in [-0.4, -0.2) is 82.3 Å². The average molecular weight is 541 g/mol. The molecule has 0 bridgehead atoms. The number of nitrogens with zero attached hydrogens (tertiary/aromatic N) is 7. The number of anilines is 2. The fourth-order valence-electron chi connectivity index (χ4n) is 6.06. The molecule has 0 aliphatic carbocycles. The Kier molecular flexibility index (Phi) is 8.54. The number of amides is 1. The smallest absolute Gasteiger partial charge is 0.324 e. The number of hydrogen-bond donors (Lipinski definition) is 1. The van der Waals surface area contributed by atoms with E-state index in [-0.39, 0.29) is 23.9 Å². The van der Waals surface area contributed by atoms with Crippen LogP contribution in [0.25, 0.3) is 0 Å². The quantitative estimate of drug-likeness (QED) is 0.507. The molecule has 214 valence electrons. The summed E-state index contributed by atoms with van der Waals surface area (Å²) >= 11 is 0. The van der Waals surface area contributed by atoms with Gasteiger partial charge in [-0.15, -0.1) is 0 Å². The second kappa shape index (κ2) is 12.1. The van der Waals surface area contributed by atoms with Gasteiger partial charge >= 0.3 is 6.01 Å². The standard InChI is InChI=1S/C28H44N8O3/c1-18(2)26-32-28(39-33-26)34-10-7-21(8-11-34)20(4)9-12-38-22-13-30-27(31-14-22)35-16-23(29)24(17-35)36-15-19(3)5-6-25(36)37/h13-14,18-21,23-24H,5-12,15-17,29H2,1-4H3/t19?,20-,23-,24+/m1/s1. The van der Waals surface area contributed by atoms with Crippen molar-refractivity contribution in [3.05, 3.63) is 18.2 Å². The highest BCUT2D eigenvalue weighted by atomic mass is 16.5. The van der Waals surface area contributed by atoms with Crippen LogP contribution in [0.2, 0.25) is 0 Å². The first-order chi connectivity index (χ1) is 18.8. The van der Waals surface area contributed by atoms with Crippen molar-refractivity contribution in [2.75, 3.05) is 49.1 Å². The minimum atomic E-state index is -0.100. The molecule has 0 saturated carbocycles. The molecule has 11 heteroatoms. The molecule has 4 atom stereocenters. The Morgan fingerprint density at radius 1 is 1.08 bits per heavy atom. The number of carbonyl (C=O) groups excluding carboxylic acids is 1. The number of hydrogen-bond acceptors (Lipinski definition) is 10. The van der Waals surface area contributed by atoms with E-state index in [1.165, 1.54) is 0 Å². The Morgan fingerprint density at radius 2 is 1.82 bits per heavy atom. The number of rotatable bonds is 9. The summed E-state index contributed by atoms with van der Waals surface area (Å²) in [4.78, 5) is 32.4. The third-order valence-corrected chi connectivity index (χ3v) is 8.71. The molecule has 5 rings (SSSR count). The third-order valence-electron chi connectivity index (χ3n) is 8.71. The van der Waals surface area contributed by atoms with Crippen LogP contribution in [0.5, 0.6) is 5.75 Å². The zero-order valence-electron chi connectivity index (χ0n) is 23.8. The maximum absolute atomic E-state index is 12.5. The van der Waals surface area contributed by atoms with E-state index in [4.69, 9.17) is 15.0 Å². The third kappa shape index (κ3) is 6.45. The molecular weight excluding hydrogens is 496 g/mol. The van der Waals surface area contributed by atoms with Gasteiger partial charge in [0.25, 0.3) is 0 Å². The summed E-state index contributed by atoms with van der Waals surface area (Å²) in [5.41, 5.74) is 6.45. The summed E-state index contributed by atoms with van der Waals surface area (Å²) in [7, 11) is 0. The minimum Gasteiger partial charge on any atom is -0.490 e. The largest absolute Gasteiger partial charge is 0.490 e. The van der Waals surface area contributed by atoms with Crippen LogP contribution in [-0.2, 0) is 4.79 Å². The fraction of sp³-hybridized carbons (Fsp3) is 0.750. The zero-order valence-corrected chi connectivity index (χ0v) is 23.8. The van der Waals surface area contributed by atoms with E-state index >= 15 is 0 Å². The molecular formula is C28H44N8O3. The molecule has 11 nitrogen and oxygen atoms in total. The second-order valence-corrected chi connectivity index (χ2v) is 12.1. The highest BCUT2D eigenvalue weighted by Gasteiger charge is 2.39. The summed E-state index contributed by atoms with van der Waals surface area (Å²) < 4.78 is 11.5. The van der Waals surface area contributed by atoms with E-state index in [9.17, 15) is 4.79 Å². The average Bonchev–Trinajstić information content (AvgIpc) is 3.58. The van der Waals surface area contributed by atoms with Crippen molar-refractivity contribution in [3.8, 4) is 5.75 Å². The van der Waals surface area contributed by atoms with Gasteiger partial charge in [0, 0.05) is 51.1 Å². The topological polar surface area (TPSA) is 127 Å². The summed E-state index contributed by atoms with van der Waals surface area (Å²) in [6, 6.07) is 0.562. The van der Waals surface area contributed by atoms with Gasteiger partial charge in [-0.1, -0.05) is 32.9 Å². The SMILES string of the molecule is CC1CCC(=O)N([C@H]2CN(c3ncc(OCC[C@@H](C)C4CCN(c5nc(C(C)C)no5)CC4)cn3)C[C@H]2N)C1. The highest BCUT2D eigenvalue weighted by Crippen LogP contribution is 2.30. The Morgan fingerprint density at radius 3 is 2.51 bits per heavy atom. The molecule has 3 fully saturated rings. The zero-order chi connectivity index (χ0) is 27.5. The van der Waals surface area contributed by atoms with Crippen LogP contribution in [0.4, 0.5) is 12.0 Å². The van der Waals surface area contributed by atoms with E-state index in [2.05, 4.69) is 57.6 Å². The summed E-state index contributed by atoms with van der Waals surface area (Å²) in [6.45, 7) is 13.3. The van der Waals surface area contributed by atoms with Crippen molar-refractivity contribution in [1.29, 1.82) is 0 Å². The highest BCUT2D eigenvalue weighted by molar-refractivity contribution is 5.77. The first kappa shape index (κ1) is 27.6. The Hall–Kier alpha value is -2.95. The monoisotopic (exact) mass is 540 g/mol. The number of nitrogens with two attached hydrogens (primary N) is 1. The fourth-order valence-corrected chi connectivity index (χ4v) is 6.06. The molecule has 3 aliphatic heterocycles. The van der Waals surface area contributed by atoms with Crippen molar-refractivity contribution in [2.45, 2.75) is 77.8 Å². The van der Waals surface area contributed by atoms with Gasteiger partial charge in [0.15, 0.2) is 11.6 Å². The molecule has 39 heavy (non-hydrogen) atoms. The molecule has 2 aromatic heterocycles. The molecule has 0 spiro atoms. The second-order valence-electron chi connectivity index (χ2n) is 12.1. The van der Waals surface area contributed by atoms with E-state index in [1.807, 2.05) is 4.90 Å². The maximum Gasteiger partial charge on any atom is 0.324 e. The van der Waals surface area contributed by atoms with Gasteiger partial charge in [-0.2, -0.15) is 4.98 Å². The molecule has 0 radical (unpaired) electrons. The Labute approximate surface area is 231 Å². The number of aromatic nitrogens is 4. The lowest BCUT2D eigenvalue weighted by Gasteiger charge is -2.36. The lowest BCUT2D eigenvalue weighted by molar-refractivity contribution is -0.137. The van der Waals surface area contributed by atoms with Crippen molar-refractivity contribution in [2.24, 2.45) is 23.5 Å². The van der Waals surface area contributed by atoms with Crippen molar-refractivity contribution in [1.82, 2.24) is 25.0 Å². The van der Waals surface area contributed by atoms with Crippen LogP contribution in [0.15, 0.2) is 16.9 Å². The molecule has 5 heterocycles. The van der Waals surface area contributed by atoms with Gasteiger partial charge in [0.05, 0.1) is 25.0 Å². The Balaban J connectivity index is 1.05. The van der Waals surface area contributed by atoms with Gasteiger partial charge in [-0.3, -0.25) is 4.79 Å². The Bertz CT molecular complexity index is 1080. The summed E-state index contributed by atoms with van der Waals surface area (Å²) in [5, 5.41) is 4.10. The number of piperidine rings is 2. The molecule has 2 aromatic rings. The normalized spacial score (nSPS) is 25.5. The van der Waals surface area contributed by atoms with Crippen LogP contribution < -0.4 is 20.3 Å². The van der Waals surface area contributed by atoms with Crippen LogP contribution in [0, 0.1) is 17.8 Å². The van der Waals surface area contributed by atoms with Gasteiger partial charge < -0.3 is 29.7 Å². The summed E-state index contributed by atoms with van der Waals surface area (Å²) in [6.07, 6.45) is 8.27. The van der Waals surface area contributed by atoms with Crippen LogP contribution >= 0.6 is 0 Å². The van der Waals surface area contributed by atoms with E-state index in [1.54, 1.807) is 12.4 Å². The number of ether oxygens (including phenoxy) is 1. The van der Waals surface area contributed by atoms with Gasteiger partial charge in [-0.05, 0) is 43.4 Å². The molecule has 1 amide bonds. The van der Waals surface area contributed by atoms with E-state index < -0.39 is 0 Å². The lowest BCUT2D eigenvalue weighted by Crippen LogP contribution is -2.53. The maximum atomic E-state index is 12.5.